The van der Waals surface area contributed by atoms with E-state index in [4.69, 9.17) is 4.98 Å². The van der Waals surface area contributed by atoms with E-state index in [2.05, 4.69) is 31.1 Å². The van der Waals surface area contributed by atoms with Crippen LogP contribution < -0.4 is 4.90 Å². The molecule has 0 atom stereocenters. The predicted molar refractivity (Wildman–Crippen MR) is 114 cm³/mol. The molecule has 0 saturated carbocycles. The smallest absolute Gasteiger partial charge is 0.278 e. The van der Waals surface area contributed by atoms with Crippen molar-refractivity contribution in [2.75, 3.05) is 4.90 Å². The third-order valence-electron chi connectivity index (χ3n) is 4.98. The van der Waals surface area contributed by atoms with Gasteiger partial charge in [-0.2, -0.15) is 5.10 Å². The van der Waals surface area contributed by atoms with Gasteiger partial charge in [-0.05, 0) is 55.2 Å². The monoisotopic (exact) mass is 390 g/mol. The number of carbonyl (C=O) groups is 1. The van der Waals surface area contributed by atoms with Crippen molar-refractivity contribution < 1.29 is 4.79 Å². The molecule has 2 heterocycles. The molecule has 0 aliphatic carbocycles. The van der Waals surface area contributed by atoms with Gasteiger partial charge < -0.3 is 0 Å². The highest BCUT2D eigenvalue weighted by atomic mass is 32.1. The Morgan fingerprint density at radius 2 is 1.79 bits per heavy atom. The first-order valence-electron chi connectivity index (χ1n) is 9.16. The largest absolute Gasteiger partial charge is 0.278 e. The fourth-order valence-corrected chi connectivity index (χ4v) is 4.30. The molecule has 2 aromatic heterocycles. The molecule has 0 fully saturated rings. The Labute approximate surface area is 168 Å². The molecule has 0 radical (unpaired) electrons. The van der Waals surface area contributed by atoms with E-state index < -0.39 is 0 Å². The number of hydrogen-bond acceptors (Lipinski definition) is 4. The summed E-state index contributed by atoms with van der Waals surface area (Å²) in [5, 5.41) is 4.94. The summed E-state index contributed by atoms with van der Waals surface area (Å²) in [6.07, 6.45) is 1.72. The van der Waals surface area contributed by atoms with E-state index in [9.17, 15) is 4.79 Å². The fourth-order valence-electron chi connectivity index (χ4n) is 3.26. The second-order valence-corrected chi connectivity index (χ2v) is 8.09. The normalized spacial score (nSPS) is 11.1. The van der Waals surface area contributed by atoms with Crippen LogP contribution in [0.5, 0.6) is 0 Å². The second-order valence-electron chi connectivity index (χ2n) is 7.08. The maximum Gasteiger partial charge on any atom is 0.278 e. The molecule has 0 aliphatic rings. The van der Waals surface area contributed by atoms with Gasteiger partial charge in [0.15, 0.2) is 5.13 Å². The highest BCUT2D eigenvalue weighted by Crippen LogP contribution is 2.32. The van der Waals surface area contributed by atoms with Crippen molar-refractivity contribution >= 4 is 32.6 Å². The summed E-state index contributed by atoms with van der Waals surface area (Å²) in [6.45, 7) is 6.55. The van der Waals surface area contributed by atoms with E-state index in [-0.39, 0.29) is 5.91 Å². The SMILES string of the molecule is Cc1cc2nc(N(Cc3ccccc3)C(=O)c3c(C)cnn3C)sc2cc1C. The van der Waals surface area contributed by atoms with Crippen LogP contribution in [0.15, 0.2) is 48.7 Å². The van der Waals surface area contributed by atoms with Gasteiger partial charge in [0.2, 0.25) is 0 Å². The maximum atomic E-state index is 13.5. The van der Waals surface area contributed by atoms with Crippen LogP contribution in [0.25, 0.3) is 10.2 Å². The molecular weight excluding hydrogens is 368 g/mol. The van der Waals surface area contributed by atoms with Gasteiger partial charge in [0.25, 0.3) is 5.91 Å². The topological polar surface area (TPSA) is 51.0 Å². The number of hydrogen-bond donors (Lipinski definition) is 0. The Bertz CT molecular complexity index is 1100. The van der Waals surface area contributed by atoms with Gasteiger partial charge in [-0.1, -0.05) is 41.7 Å². The molecule has 0 bridgehead atoms. The second kappa shape index (κ2) is 7.20. The molecule has 0 aliphatic heterocycles. The van der Waals surface area contributed by atoms with E-state index in [1.54, 1.807) is 34.2 Å². The number of aromatic nitrogens is 3. The highest BCUT2D eigenvalue weighted by Gasteiger charge is 2.25. The third-order valence-corrected chi connectivity index (χ3v) is 6.02. The summed E-state index contributed by atoms with van der Waals surface area (Å²) in [5.74, 6) is -0.0890. The predicted octanol–water partition coefficient (Wildman–Crippen LogP) is 4.80. The van der Waals surface area contributed by atoms with Crippen LogP contribution in [0.1, 0.15) is 32.7 Å². The average Bonchev–Trinajstić information content (AvgIpc) is 3.23. The molecule has 4 aromatic rings. The van der Waals surface area contributed by atoms with Crippen LogP contribution in [0.2, 0.25) is 0 Å². The zero-order valence-electron chi connectivity index (χ0n) is 16.4. The molecule has 142 valence electrons. The van der Waals surface area contributed by atoms with Gasteiger partial charge in [-0.15, -0.1) is 0 Å². The van der Waals surface area contributed by atoms with Crippen molar-refractivity contribution in [1.29, 1.82) is 0 Å². The Morgan fingerprint density at radius 3 is 2.46 bits per heavy atom. The van der Waals surface area contributed by atoms with Gasteiger partial charge >= 0.3 is 0 Å². The lowest BCUT2D eigenvalue weighted by atomic mass is 10.1. The zero-order chi connectivity index (χ0) is 19.8. The van der Waals surface area contributed by atoms with Gasteiger partial charge in [0.05, 0.1) is 23.0 Å². The lowest BCUT2D eigenvalue weighted by Crippen LogP contribution is -2.32. The average molecular weight is 391 g/mol. The number of aryl methyl sites for hydroxylation is 4. The summed E-state index contributed by atoms with van der Waals surface area (Å²) in [6, 6.07) is 14.2. The molecule has 1 amide bonds. The Kier molecular flexibility index (Phi) is 4.73. The van der Waals surface area contributed by atoms with Gasteiger partial charge in [0, 0.05) is 7.05 Å². The van der Waals surface area contributed by atoms with Crippen molar-refractivity contribution in [2.45, 2.75) is 27.3 Å². The van der Waals surface area contributed by atoms with Crippen LogP contribution >= 0.6 is 11.3 Å². The molecule has 0 N–H and O–H groups in total. The summed E-state index contributed by atoms with van der Waals surface area (Å²) in [4.78, 5) is 20.0. The van der Waals surface area contributed by atoms with E-state index in [0.717, 1.165) is 21.3 Å². The first-order chi connectivity index (χ1) is 13.4. The van der Waals surface area contributed by atoms with Gasteiger partial charge in [-0.25, -0.2) is 4.98 Å². The lowest BCUT2D eigenvalue weighted by molar-refractivity contribution is 0.0975. The molecular formula is C22H22N4OS. The van der Waals surface area contributed by atoms with E-state index in [1.165, 1.54) is 11.1 Å². The maximum absolute atomic E-state index is 13.5. The number of rotatable bonds is 4. The zero-order valence-corrected chi connectivity index (χ0v) is 17.2. The standard InChI is InChI=1S/C22H22N4OS/c1-14-10-18-19(11-15(14)2)28-22(24-18)26(13-17-8-6-5-7-9-17)21(27)20-16(3)12-23-25(20)4/h5-12H,13H2,1-4H3. The minimum Gasteiger partial charge on any atom is -0.278 e. The highest BCUT2D eigenvalue weighted by molar-refractivity contribution is 7.22. The number of amides is 1. The molecule has 5 nitrogen and oxygen atoms in total. The van der Waals surface area contributed by atoms with Crippen LogP contribution in [0.3, 0.4) is 0 Å². The van der Waals surface area contributed by atoms with Crippen LogP contribution in [-0.4, -0.2) is 20.7 Å². The number of nitrogens with zero attached hydrogens (tertiary/aromatic N) is 4. The van der Waals surface area contributed by atoms with Crippen LogP contribution in [0.4, 0.5) is 5.13 Å². The lowest BCUT2D eigenvalue weighted by Gasteiger charge is -2.20. The molecule has 2 aromatic carbocycles. The van der Waals surface area contributed by atoms with Gasteiger partial charge in [-0.3, -0.25) is 14.4 Å². The molecule has 6 heteroatoms. The summed E-state index contributed by atoms with van der Waals surface area (Å²) >= 11 is 1.55. The number of carbonyl (C=O) groups excluding carboxylic acids is 1. The molecule has 28 heavy (non-hydrogen) atoms. The minimum atomic E-state index is -0.0890. The first kappa shape index (κ1) is 18.4. The van der Waals surface area contributed by atoms with Crippen molar-refractivity contribution in [3.8, 4) is 0 Å². The summed E-state index contributed by atoms with van der Waals surface area (Å²) in [7, 11) is 1.80. The number of fused-ring (bicyclic) bond motifs is 1. The van der Waals surface area contributed by atoms with Crippen LogP contribution in [-0.2, 0) is 13.6 Å². The molecule has 0 unspecified atom stereocenters. The summed E-state index contributed by atoms with van der Waals surface area (Å²) in [5.41, 5.74) is 5.86. The summed E-state index contributed by atoms with van der Waals surface area (Å²) < 4.78 is 2.72. The first-order valence-corrected chi connectivity index (χ1v) is 9.98. The van der Waals surface area contributed by atoms with E-state index in [0.29, 0.717) is 17.4 Å². The number of thiazole rings is 1. The Hall–Kier alpha value is -2.99. The Morgan fingerprint density at radius 1 is 1.07 bits per heavy atom. The number of benzene rings is 2. The van der Waals surface area contributed by atoms with Crippen molar-refractivity contribution in [3.63, 3.8) is 0 Å². The molecule has 4 rings (SSSR count). The molecule has 0 saturated heterocycles. The minimum absolute atomic E-state index is 0.0890. The third kappa shape index (κ3) is 3.31. The van der Waals surface area contributed by atoms with E-state index >= 15 is 0 Å². The van der Waals surface area contributed by atoms with Crippen molar-refractivity contribution in [2.24, 2.45) is 7.05 Å². The van der Waals surface area contributed by atoms with Crippen molar-refractivity contribution in [1.82, 2.24) is 14.8 Å². The van der Waals surface area contributed by atoms with E-state index in [1.807, 2.05) is 37.3 Å². The van der Waals surface area contributed by atoms with Crippen LogP contribution in [0, 0.1) is 20.8 Å². The quantitative estimate of drug-likeness (QED) is 0.503. The molecule has 0 spiro atoms. The number of anilines is 1. The van der Waals surface area contributed by atoms with Crippen molar-refractivity contribution in [3.05, 3.63) is 76.6 Å². The van der Waals surface area contributed by atoms with Gasteiger partial charge in [0.1, 0.15) is 5.69 Å². The fraction of sp³-hybridized carbons (Fsp3) is 0.227. The Balaban J connectivity index is 1.82.